The Labute approximate surface area is 180 Å². The van der Waals surface area contributed by atoms with Crippen molar-refractivity contribution in [2.24, 2.45) is 0 Å². The van der Waals surface area contributed by atoms with E-state index in [4.69, 9.17) is 13.7 Å². The van der Waals surface area contributed by atoms with E-state index >= 15 is 0 Å². The molecule has 1 aromatic carbocycles. The summed E-state index contributed by atoms with van der Waals surface area (Å²) in [6, 6.07) is 10.3. The highest BCUT2D eigenvalue weighted by Gasteiger charge is 2.44. The van der Waals surface area contributed by atoms with Gasteiger partial charge in [0.15, 0.2) is 5.82 Å². The van der Waals surface area contributed by atoms with Crippen LogP contribution in [0.4, 0.5) is 5.88 Å². The van der Waals surface area contributed by atoms with Gasteiger partial charge in [-0.1, -0.05) is 24.2 Å². The Kier molecular flexibility index (Phi) is 4.69. The van der Waals surface area contributed by atoms with Crippen LogP contribution < -0.4 is 9.64 Å². The van der Waals surface area contributed by atoms with E-state index in [1.54, 1.807) is 7.11 Å². The number of nitriles is 1. The second-order valence-corrected chi connectivity index (χ2v) is 8.73. The van der Waals surface area contributed by atoms with Crippen molar-refractivity contribution in [2.75, 3.05) is 25.1 Å². The van der Waals surface area contributed by atoms with E-state index in [-0.39, 0.29) is 11.3 Å². The molecular formula is C23H25N5O3. The summed E-state index contributed by atoms with van der Waals surface area (Å²) < 4.78 is 16.8. The Bertz CT molecular complexity index is 1120. The molecule has 5 rings (SSSR count). The third-order valence-electron chi connectivity index (χ3n) is 6.58. The molecule has 0 bridgehead atoms. The molecule has 0 spiro atoms. The molecule has 0 radical (unpaired) electrons. The predicted octanol–water partition coefficient (Wildman–Crippen LogP) is 4.08. The number of oxazole rings is 1. The van der Waals surface area contributed by atoms with Gasteiger partial charge in [0.2, 0.25) is 23.4 Å². The molecule has 2 atom stereocenters. The number of nitrogens with zero attached hydrogens (tertiary/aromatic N) is 5. The van der Waals surface area contributed by atoms with Crippen molar-refractivity contribution >= 4 is 5.88 Å². The average molecular weight is 419 g/mol. The lowest BCUT2D eigenvalue weighted by atomic mass is 9.80. The Morgan fingerprint density at radius 1 is 1.16 bits per heavy atom. The summed E-state index contributed by atoms with van der Waals surface area (Å²) in [6.07, 6.45) is 2.66. The van der Waals surface area contributed by atoms with Crippen LogP contribution in [0.15, 0.2) is 33.2 Å². The van der Waals surface area contributed by atoms with E-state index in [0.29, 0.717) is 35.1 Å². The number of benzene rings is 1. The number of ether oxygens (including phenoxy) is 1. The van der Waals surface area contributed by atoms with Crippen LogP contribution >= 0.6 is 0 Å². The van der Waals surface area contributed by atoms with E-state index in [0.717, 1.165) is 38.1 Å². The molecule has 2 aliphatic rings. The fraction of sp³-hybridized carbons (Fsp3) is 0.478. The number of piperidine rings is 1. The van der Waals surface area contributed by atoms with Crippen molar-refractivity contribution in [3.63, 3.8) is 0 Å². The highest BCUT2D eigenvalue weighted by molar-refractivity contribution is 5.49. The van der Waals surface area contributed by atoms with E-state index in [1.807, 2.05) is 19.1 Å². The topological polar surface area (TPSA) is 101 Å². The van der Waals surface area contributed by atoms with Gasteiger partial charge in [-0.15, -0.1) is 0 Å². The molecule has 3 heterocycles. The van der Waals surface area contributed by atoms with Crippen LogP contribution in [0.3, 0.4) is 0 Å². The van der Waals surface area contributed by atoms with Gasteiger partial charge in [-0.2, -0.15) is 10.2 Å². The SMILES string of the molecule is COc1ccc(C2CC2c2nc(C#N)c(N3CCC(C)(c4nc(C)no4)CC3)o2)cc1. The molecule has 1 saturated carbocycles. The van der Waals surface area contributed by atoms with Gasteiger partial charge < -0.3 is 18.6 Å². The summed E-state index contributed by atoms with van der Waals surface area (Å²) in [5.41, 5.74) is 1.45. The Balaban J connectivity index is 1.30. The maximum absolute atomic E-state index is 9.64. The van der Waals surface area contributed by atoms with Crippen LogP contribution in [0.1, 0.15) is 66.9 Å². The van der Waals surface area contributed by atoms with E-state index in [9.17, 15) is 5.26 Å². The quantitative estimate of drug-likeness (QED) is 0.610. The number of anilines is 1. The lowest BCUT2D eigenvalue weighted by Gasteiger charge is -2.36. The van der Waals surface area contributed by atoms with Gasteiger partial charge in [-0.05, 0) is 49.8 Å². The van der Waals surface area contributed by atoms with Crippen LogP contribution in [0.2, 0.25) is 0 Å². The molecule has 31 heavy (non-hydrogen) atoms. The van der Waals surface area contributed by atoms with Gasteiger partial charge in [0.05, 0.1) is 12.5 Å². The number of aryl methyl sites for hydroxylation is 1. The van der Waals surface area contributed by atoms with Gasteiger partial charge in [-0.3, -0.25) is 0 Å². The zero-order valence-electron chi connectivity index (χ0n) is 18.0. The lowest BCUT2D eigenvalue weighted by Crippen LogP contribution is -2.41. The molecule has 1 aliphatic carbocycles. The minimum absolute atomic E-state index is 0.163. The number of hydrogen-bond acceptors (Lipinski definition) is 8. The van der Waals surface area contributed by atoms with Crippen molar-refractivity contribution in [3.8, 4) is 11.8 Å². The summed E-state index contributed by atoms with van der Waals surface area (Å²) in [5.74, 6) is 4.01. The first kappa shape index (κ1) is 19.6. The Hall–Kier alpha value is -3.34. The first-order chi connectivity index (χ1) is 15.0. The molecule has 0 amide bonds. The van der Waals surface area contributed by atoms with E-state index in [1.165, 1.54) is 5.56 Å². The number of hydrogen-bond donors (Lipinski definition) is 0. The van der Waals surface area contributed by atoms with Gasteiger partial charge in [0, 0.05) is 19.0 Å². The zero-order chi connectivity index (χ0) is 21.6. The molecule has 160 valence electrons. The van der Waals surface area contributed by atoms with Crippen LogP contribution in [-0.4, -0.2) is 35.3 Å². The van der Waals surface area contributed by atoms with Crippen molar-refractivity contribution in [2.45, 2.75) is 50.4 Å². The Morgan fingerprint density at radius 3 is 2.52 bits per heavy atom. The van der Waals surface area contributed by atoms with Crippen molar-refractivity contribution in [1.29, 1.82) is 5.26 Å². The molecule has 1 aliphatic heterocycles. The third kappa shape index (κ3) is 3.54. The largest absolute Gasteiger partial charge is 0.497 e. The second kappa shape index (κ2) is 7.41. The van der Waals surface area contributed by atoms with E-state index in [2.05, 4.69) is 45.2 Å². The molecule has 3 aromatic rings. The van der Waals surface area contributed by atoms with Gasteiger partial charge in [0.25, 0.3) is 0 Å². The van der Waals surface area contributed by atoms with Crippen LogP contribution in [-0.2, 0) is 5.41 Å². The zero-order valence-corrected chi connectivity index (χ0v) is 18.0. The number of rotatable bonds is 5. The average Bonchev–Trinajstić information content (AvgIpc) is 3.26. The summed E-state index contributed by atoms with van der Waals surface area (Å²) in [6.45, 7) is 5.47. The minimum atomic E-state index is -0.163. The molecule has 0 N–H and O–H groups in total. The van der Waals surface area contributed by atoms with Crippen molar-refractivity contribution in [3.05, 3.63) is 53.1 Å². The monoisotopic (exact) mass is 419 g/mol. The normalized spacial score (nSPS) is 22.2. The van der Waals surface area contributed by atoms with Gasteiger partial charge in [0.1, 0.15) is 11.8 Å². The molecular weight excluding hydrogens is 394 g/mol. The van der Waals surface area contributed by atoms with E-state index < -0.39 is 0 Å². The Morgan fingerprint density at radius 2 is 1.90 bits per heavy atom. The van der Waals surface area contributed by atoms with Gasteiger partial charge in [-0.25, -0.2) is 4.98 Å². The van der Waals surface area contributed by atoms with Crippen molar-refractivity contribution in [1.82, 2.24) is 15.1 Å². The fourth-order valence-electron chi connectivity index (χ4n) is 4.42. The summed E-state index contributed by atoms with van der Waals surface area (Å²) in [5, 5.41) is 13.6. The first-order valence-electron chi connectivity index (χ1n) is 10.6. The van der Waals surface area contributed by atoms with Crippen LogP contribution in [0.5, 0.6) is 5.75 Å². The lowest BCUT2D eigenvalue weighted by molar-refractivity contribution is 0.249. The second-order valence-electron chi connectivity index (χ2n) is 8.73. The smallest absolute Gasteiger partial charge is 0.234 e. The minimum Gasteiger partial charge on any atom is -0.497 e. The molecule has 1 saturated heterocycles. The molecule has 8 heteroatoms. The molecule has 2 fully saturated rings. The number of aromatic nitrogens is 3. The summed E-state index contributed by atoms with van der Waals surface area (Å²) in [7, 11) is 1.67. The molecule has 2 unspecified atom stereocenters. The summed E-state index contributed by atoms with van der Waals surface area (Å²) in [4.78, 5) is 11.1. The standard InChI is InChI=1S/C23H25N5O3/c1-14-25-22(31-27-14)23(2)8-10-28(11-9-23)21-19(13-24)26-20(30-21)18-12-17(18)15-4-6-16(29-3)7-5-15/h4-7,17-18H,8-12H2,1-3H3. The molecule has 2 aromatic heterocycles. The first-order valence-corrected chi connectivity index (χ1v) is 10.6. The predicted molar refractivity (Wildman–Crippen MR) is 112 cm³/mol. The highest BCUT2D eigenvalue weighted by atomic mass is 16.5. The van der Waals surface area contributed by atoms with Gasteiger partial charge >= 0.3 is 0 Å². The fourth-order valence-corrected chi connectivity index (χ4v) is 4.42. The van der Waals surface area contributed by atoms with Crippen LogP contribution in [0.25, 0.3) is 0 Å². The maximum Gasteiger partial charge on any atom is 0.234 e. The third-order valence-corrected chi connectivity index (χ3v) is 6.58. The van der Waals surface area contributed by atoms with Crippen molar-refractivity contribution < 1.29 is 13.7 Å². The highest BCUT2D eigenvalue weighted by Crippen LogP contribution is 2.55. The summed E-state index contributed by atoms with van der Waals surface area (Å²) >= 11 is 0. The van der Waals surface area contributed by atoms with Crippen LogP contribution in [0, 0.1) is 18.3 Å². The molecule has 8 nitrogen and oxygen atoms in total. The number of methoxy groups -OCH3 is 1. The maximum atomic E-state index is 9.64.